The Bertz CT molecular complexity index is 2030. The van der Waals surface area contributed by atoms with Crippen LogP contribution in [-0.2, 0) is 24.6 Å². The fourth-order valence-electron chi connectivity index (χ4n) is 5.87. The van der Waals surface area contributed by atoms with Gasteiger partial charge in [0, 0.05) is 50.4 Å². The Morgan fingerprint density at radius 2 is 1.52 bits per heavy atom. The molecule has 1 aliphatic heterocycles. The number of benzene rings is 4. The zero-order chi connectivity index (χ0) is 38.0. The fraction of sp³-hybridized carbons (Fsp3) is 0.256. The van der Waals surface area contributed by atoms with Gasteiger partial charge >= 0.3 is 0 Å². The molecule has 1 aliphatic rings. The molecule has 6 rings (SSSR count). The zero-order valence-corrected chi connectivity index (χ0v) is 31.9. The highest BCUT2D eigenvalue weighted by Gasteiger charge is 2.20. The topological polar surface area (TPSA) is 73.4 Å². The van der Waals surface area contributed by atoms with Gasteiger partial charge in [-0.25, -0.2) is 9.37 Å². The van der Waals surface area contributed by atoms with Crippen molar-refractivity contribution in [3.05, 3.63) is 147 Å². The highest BCUT2D eigenvalue weighted by molar-refractivity contribution is 6.32. The van der Waals surface area contributed by atoms with Crippen LogP contribution in [0, 0.1) is 12.7 Å². The lowest BCUT2D eigenvalue weighted by Crippen LogP contribution is -2.47. The predicted molar refractivity (Wildman–Crippen MR) is 210 cm³/mol. The lowest BCUT2D eigenvalue weighted by Gasteiger charge is -2.34. The van der Waals surface area contributed by atoms with Gasteiger partial charge in [-0.3, -0.25) is 9.69 Å². The van der Waals surface area contributed by atoms with Crippen LogP contribution in [0.2, 0.25) is 10.0 Å². The molecule has 0 N–H and O–H groups in total. The molecular formula is C43H42Cl2FN3O5. The van der Waals surface area contributed by atoms with E-state index in [9.17, 15) is 9.18 Å². The second-order valence-electron chi connectivity index (χ2n) is 13.3. The van der Waals surface area contributed by atoms with Crippen LogP contribution in [0.25, 0.3) is 6.08 Å². The second-order valence-corrected chi connectivity index (χ2v) is 14.1. The van der Waals surface area contributed by atoms with Gasteiger partial charge in [-0.1, -0.05) is 59.6 Å². The molecule has 0 bridgehead atoms. The van der Waals surface area contributed by atoms with Crippen molar-refractivity contribution in [2.45, 2.75) is 46.6 Å². The SMILES string of the molecule is Cc1cc(C=CC(=O)N2CCN(Cc3ccc(COc4ccc(OC(C)C)cc4)cc3)CC2)cc(Cl)c1Oc1ccc(OCc2cccc(Cl)c2F)cn1. The van der Waals surface area contributed by atoms with Gasteiger partial charge in [0.25, 0.3) is 0 Å². The van der Waals surface area contributed by atoms with Gasteiger partial charge in [0.2, 0.25) is 11.8 Å². The molecule has 54 heavy (non-hydrogen) atoms. The molecule has 0 spiro atoms. The summed E-state index contributed by atoms with van der Waals surface area (Å²) < 4.78 is 37.4. The van der Waals surface area contributed by atoms with Crippen LogP contribution >= 0.6 is 23.2 Å². The number of halogens is 3. The molecule has 11 heteroatoms. The Hall–Kier alpha value is -5.09. The summed E-state index contributed by atoms with van der Waals surface area (Å²) in [6, 6.07) is 27.9. The second kappa shape index (κ2) is 18.3. The number of aryl methyl sites for hydroxylation is 1. The molecule has 0 saturated carbocycles. The maximum atomic E-state index is 14.2. The van der Waals surface area contributed by atoms with Crippen molar-refractivity contribution >= 4 is 35.2 Å². The molecule has 2 heterocycles. The van der Waals surface area contributed by atoms with Gasteiger partial charge in [-0.2, -0.15) is 0 Å². The first-order valence-corrected chi connectivity index (χ1v) is 18.5. The number of carbonyl (C=O) groups excluding carboxylic acids is 1. The summed E-state index contributed by atoms with van der Waals surface area (Å²) in [6.07, 6.45) is 4.98. The third kappa shape index (κ3) is 10.7. The summed E-state index contributed by atoms with van der Waals surface area (Å²) in [7, 11) is 0. The fourth-order valence-corrected chi connectivity index (χ4v) is 6.38. The summed E-state index contributed by atoms with van der Waals surface area (Å²) >= 11 is 12.5. The van der Waals surface area contributed by atoms with E-state index in [1.165, 1.54) is 17.8 Å². The molecule has 5 aromatic rings. The van der Waals surface area contributed by atoms with E-state index in [0.717, 1.165) is 47.8 Å². The maximum absolute atomic E-state index is 14.2. The number of hydrogen-bond acceptors (Lipinski definition) is 7. The molecule has 8 nitrogen and oxygen atoms in total. The summed E-state index contributed by atoms with van der Waals surface area (Å²) in [6.45, 7) is 10.1. The van der Waals surface area contributed by atoms with E-state index in [1.807, 2.05) is 56.0 Å². The van der Waals surface area contributed by atoms with Crippen LogP contribution in [0.5, 0.6) is 28.9 Å². The molecule has 1 aromatic heterocycles. The quantitative estimate of drug-likeness (QED) is 0.104. The summed E-state index contributed by atoms with van der Waals surface area (Å²) in [5.74, 6) is 2.30. The average Bonchev–Trinajstić information content (AvgIpc) is 3.17. The Labute approximate surface area is 325 Å². The van der Waals surface area contributed by atoms with Gasteiger partial charge in [-0.15, -0.1) is 0 Å². The highest BCUT2D eigenvalue weighted by Crippen LogP contribution is 2.34. The smallest absolute Gasteiger partial charge is 0.246 e. The first-order chi connectivity index (χ1) is 26.1. The standard InChI is InChI=1S/C43H42Cl2FN3O5/c1-29(2)53-36-14-12-35(13-15-36)51-27-32-9-7-31(8-10-32)26-48-19-21-49(22-20-48)41(50)18-11-33-23-30(3)43(39(45)24-33)54-40-17-16-37(25-47-40)52-28-34-5-4-6-38(44)42(34)46/h4-18,23-25,29H,19-22,26-28H2,1-3H3. The van der Waals surface area contributed by atoms with E-state index in [2.05, 4.69) is 34.1 Å². The van der Waals surface area contributed by atoms with Crippen molar-refractivity contribution in [3.8, 4) is 28.9 Å². The van der Waals surface area contributed by atoms with Crippen molar-refractivity contribution in [3.63, 3.8) is 0 Å². The highest BCUT2D eigenvalue weighted by atomic mass is 35.5. The maximum Gasteiger partial charge on any atom is 0.246 e. The minimum absolute atomic E-state index is 0.00635. The molecule has 0 aliphatic carbocycles. The van der Waals surface area contributed by atoms with Crippen molar-refractivity contribution in [2.75, 3.05) is 26.2 Å². The van der Waals surface area contributed by atoms with Crippen LogP contribution < -0.4 is 18.9 Å². The van der Waals surface area contributed by atoms with E-state index >= 15 is 0 Å². The molecular weight excluding hydrogens is 728 g/mol. The third-order valence-electron chi connectivity index (χ3n) is 8.73. The number of nitrogens with zero attached hydrogens (tertiary/aromatic N) is 3. The van der Waals surface area contributed by atoms with Crippen LogP contribution in [0.1, 0.15) is 41.7 Å². The first kappa shape index (κ1) is 38.6. The lowest BCUT2D eigenvalue weighted by molar-refractivity contribution is -0.127. The van der Waals surface area contributed by atoms with Crippen molar-refractivity contribution in [1.82, 2.24) is 14.8 Å². The number of amides is 1. The van der Waals surface area contributed by atoms with Crippen molar-refractivity contribution in [1.29, 1.82) is 0 Å². The zero-order valence-electron chi connectivity index (χ0n) is 30.4. The molecule has 0 atom stereocenters. The van der Waals surface area contributed by atoms with E-state index in [0.29, 0.717) is 47.7 Å². The summed E-state index contributed by atoms with van der Waals surface area (Å²) in [5, 5.41) is 0.429. The molecule has 0 radical (unpaired) electrons. The Kier molecular flexibility index (Phi) is 13.1. The van der Waals surface area contributed by atoms with Crippen molar-refractivity contribution < 1.29 is 28.1 Å². The van der Waals surface area contributed by atoms with Crippen LogP contribution in [-0.4, -0.2) is 53.0 Å². The van der Waals surface area contributed by atoms with Gasteiger partial charge in [0.05, 0.1) is 22.3 Å². The largest absolute Gasteiger partial charge is 0.491 e. The van der Waals surface area contributed by atoms with Crippen LogP contribution in [0.3, 0.4) is 0 Å². The number of carbonyl (C=O) groups is 1. The number of aromatic nitrogens is 1. The molecule has 1 amide bonds. The van der Waals surface area contributed by atoms with E-state index in [-0.39, 0.29) is 23.6 Å². The number of pyridine rings is 1. The Balaban J connectivity index is 0.935. The molecule has 0 unspecified atom stereocenters. The van der Waals surface area contributed by atoms with Gasteiger partial charge in [0.15, 0.2) is 5.75 Å². The summed E-state index contributed by atoms with van der Waals surface area (Å²) in [5.41, 5.74) is 4.23. The van der Waals surface area contributed by atoms with E-state index in [1.54, 1.807) is 42.5 Å². The third-order valence-corrected chi connectivity index (χ3v) is 9.30. The number of rotatable bonds is 14. The summed E-state index contributed by atoms with van der Waals surface area (Å²) in [4.78, 5) is 21.6. The number of piperazine rings is 1. The van der Waals surface area contributed by atoms with Crippen LogP contribution in [0.15, 0.2) is 103 Å². The molecule has 1 saturated heterocycles. The molecule has 1 fully saturated rings. The molecule has 280 valence electrons. The normalized spacial score (nSPS) is 13.4. The van der Waals surface area contributed by atoms with Gasteiger partial charge in [-0.05, 0) is 97.6 Å². The Morgan fingerprint density at radius 3 is 2.20 bits per heavy atom. The molecule has 4 aromatic carbocycles. The first-order valence-electron chi connectivity index (χ1n) is 17.8. The minimum atomic E-state index is -0.508. The van der Waals surface area contributed by atoms with Gasteiger partial charge in [0.1, 0.15) is 36.3 Å². The predicted octanol–water partition coefficient (Wildman–Crippen LogP) is 9.93. The lowest BCUT2D eigenvalue weighted by atomic mass is 10.1. The van der Waals surface area contributed by atoms with Crippen LogP contribution in [0.4, 0.5) is 4.39 Å². The average molecular weight is 771 g/mol. The van der Waals surface area contributed by atoms with E-state index < -0.39 is 5.82 Å². The van der Waals surface area contributed by atoms with Crippen molar-refractivity contribution in [2.24, 2.45) is 0 Å². The Morgan fingerprint density at radius 1 is 0.833 bits per heavy atom. The monoisotopic (exact) mass is 769 g/mol. The number of hydrogen-bond donors (Lipinski definition) is 0. The minimum Gasteiger partial charge on any atom is -0.491 e. The van der Waals surface area contributed by atoms with Gasteiger partial charge < -0.3 is 23.8 Å². The van der Waals surface area contributed by atoms with E-state index in [4.69, 9.17) is 42.1 Å². The number of ether oxygens (including phenoxy) is 4.